The molecule has 1 aliphatic carbocycles. The minimum atomic E-state index is -0.661. The molecule has 2 heterocycles. The van der Waals surface area contributed by atoms with Crippen LogP contribution in [0.25, 0.3) is 0 Å². The summed E-state index contributed by atoms with van der Waals surface area (Å²) in [6.07, 6.45) is 7.51. The van der Waals surface area contributed by atoms with Gasteiger partial charge in [0.1, 0.15) is 23.4 Å². The maximum atomic E-state index is 13.6. The second-order valence-corrected chi connectivity index (χ2v) is 14.9. The minimum absolute atomic E-state index is 0.0524. The molecule has 3 amide bonds. The van der Waals surface area contributed by atoms with E-state index < -0.39 is 23.8 Å². The average Bonchev–Trinajstić information content (AvgIpc) is 3.45. The molecule has 9 nitrogen and oxygen atoms in total. The van der Waals surface area contributed by atoms with Crippen molar-refractivity contribution in [3.8, 4) is 5.75 Å². The van der Waals surface area contributed by atoms with Gasteiger partial charge in [-0.05, 0) is 75.8 Å². The van der Waals surface area contributed by atoms with Crippen LogP contribution in [0.2, 0.25) is 0 Å². The molecule has 0 spiro atoms. The van der Waals surface area contributed by atoms with E-state index in [0.29, 0.717) is 23.3 Å². The van der Waals surface area contributed by atoms with E-state index in [9.17, 15) is 19.5 Å². The number of nitrogens with zero attached hydrogens (tertiary/aromatic N) is 2. The number of nitrogens with one attached hydrogen (secondary N) is 2. The van der Waals surface area contributed by atoms with E-state index in [4.69, 9.17) is 4.74 Å². The summed E-state index contributed by atoms with van der Waals surface area (Å²) in [6, 6.07) is 6.03. The molecule has 3 aliphatic rings. The Morgan fingerprint density at radius 2 is 1.76 bits per heavy atom. The molecule has 3 N–H and O–H groups in total. The lowest BCUT2D eigenvalue weighted by atomic mass is 9.91. The number of piperidine rings is 1. The van der Waals surface area contributed by atoms with E-state index in [1.54, 1.807) is 23.9 Å². The molecule has 11 heteroatoms. The number of aromatic hydroxyl groups is 1. The van der Waals surface area contributed by atoms with Gasteiger partial charge in [0.25, 0.3) is 0 Å². The Kier molecular flexibility index (Phi) is 12.2. The van der Waals surface area contributed by atoms with Crippen LogP contribution in [0.4, 0.5) is 4.79 Å². The van der Waals surface area contributed by atoms with Crippen molar-refractivity contribution in [2.45, 2.75) is 96.0 Å². The Bertz CT molecular complexity index is 1040. The van der Waals surface area contributed by atoms with Crippen molar-refractivity contribution in [1.82, 2.24) is 20.4 Å². The van der Waals surface area contributed by atoms with Crippen LogP contribution in [0.5, 0.6) is 5.75 Å². The van der Waals surface area contributed by atoms with Gasteiger partial charge in [0, 0.05) is 37.2 Å². The van der Waals surface area contributed by atoms with Gasteiger partial charge in [0.15, 0.2) is 0 Å². The van der Waals surface area contributed by atoms with Gasteiger partial charge in [-0.1, -0.05) is 31.4 Å². The van der Waals surface area contributed by atoms with Crippen molar-refractivity contribution >= 4 is 41.4 Å². The number of rotatable bonds is 10. The Balaban J connectivity index is 1.32. The Labute approximate surface area is 259 Å². The maximum absolute atomic E-state index is 13.6. The highest BCUT2D eigenvalue weighted by molar-refractivity contribution is 7.99. The Morgan fingerprint density at radius 3 is 2.43 bits per heavy atom. The van der Waals surface area contributed by atoms with Gasteiger partial charge in [0.2, 0.25) is 11.8 Å². The van der Waals surface area contributed by atoms with Gasteiger partial charge < -0.3 is 20.5 Å². The van der Waals surface area contributed by atoms with Gasteiger partial charge in [-0.15, -0.1) is 11.8 Å². The number of benzene rings is 1. The third-order valence-electron chi connectivity index (χ3n) is 8.09. The maximum Gasteiger partial charge on any atom is 0.411 e. The second kappa shape index (κ2) is 15.6. The molecule has 4 rings (SSSR count). The zero-order chi connectivity index (χ0) is 30.1. The zero-order valence-corrected chi connectivity index (χ0v) is 26.9. The number of hydrogen-bond donors (Lipinski definition) is 3. The third-order valence-corrected chi connectivity index (χ3v) is 10.4. The second-order valence-electron chi connectivity index (χ2n) is 12.8. The smallest absolute Gasteiger partial charge is 0.411 e. The topological polar surface area (TPSA) is 111 Å². The number of phenolic OH excluding ortho intramolecular Hbond substituents is 1. The number of thioether (sulfide) groups is 2. The summed E-state index contributed by atoms with van der Waals surface area (Å²) in [4.78, 5) is 43.6. The molecule has 1 unspecified atom stereocenters. The van der Waals surface area contributed by atoms with E-state index in [1.807, 2.05) is 32.9 Å². The van der Waals surface area contributed by atoms with Crippen LogP contribution in [0.3, 0.4) is 0 Å². The van der Waals surface area contributed by atoms with Crippen molar-refractivity contribution in [2.75, 3.05) is 36.2 Å². The largest absolute Gasteiger partial charge is 0.508 e. The molecule has 1 saturated carbocycles. The number of phenols is 1. The molecule has 1 aromatic carbocycles. The van der Waals surface area contributed by atoms with Crippen LogP contribution >= 0.6 is 23.5 Å². The molecule has 1 aromatic rings. The molecule has 2 saturated heterocycles. The number of carbonyl (C=O) groups is 3. The lowest BCUT2D eigenvalue weighted by molar-refractivity contribution is -0.131. The summed E-state index contributed by atoms with van der Waals surface area (Å²) in [5.41, 5.74) is 0.502. The van der Waals surface area contributed by atoms with Crippen LogP contribution in [-0.2, 0) is 20.9 Å². The fourth-order valence-electron chi connectivity index (χ4n) is 5.71. The van der Waals surface area contributed by atoms with Crippen LogP contribution in [0, 0.1) is 5.92 Å². The number of carbonyl (C=O) groups excluding carboxylic acids is 3. The van der Waals surface area contributed by atoms with Crippen LogP contribution in [0.1, 0.15) is 71.3 Å². The van der Waals surface area contributed by atoms with E-state index in [0.717, 1.165) is 43.8 Å². The van der Waals surface area contributed by atoms with Crippen molar-refractivity contribution in [3.05, 3.63) is 29.8 Å². The first-order valence-electron chi connectivity index (χ1n) is 15.3. The Morgan fingerprint density at radius 1 is 1.07 bits per heavy atom. The van der Waals surface area contributed by atoms with Crippen molar-refractivity contribution in [2.24, 2.45) is 5.92 Å². The first-order valence-corrected chi connectivity index (χ1v) is 17.6. The van der Waals surface area contributed by atoms with Gasteiger partial charge >= 0.3 is 6.09 Å². The highest BCUT2D eigenvalue weighted by atomic mass is 32.2. The predicted molar refractivity (Wildman–Crippen MR) is 170 cm³/mol. The zero-order valence-electron chi connectivity index (χ0n) is 25.3. The fourth-order valence-corrected chi connectivity index (χ4v) is 8.13. The third kappa shape index (κ3) is 10.3. The quantitative estimate of drug-likeness (QED) is 0.349. The lowest BCUT2D eigenvalue weighted by Crippen LogP contribution is -2.57. The van der Waals surface area contributed by atoms with E-state index in [1.165, 1.54) is 48.8 Å². The molecule has 0 aromatic heterocycles. The summed E-state index contributed by atoms with van der Waals surface area (Å²) in [6.45, 7) is 7.97. The minimum Gasteiger partial charge on any atom is -0.508 e. The lowest BCUT2D eigenvalue weighted by Gasteiger charge is -2.33. The summed E-state index contributed by atoms with van der Waals surface area (Å²) in [5, 5.41) is 15.8. The normalized spacial score (nSPS) is 21.6. The molecule has 2 aliphatic heterocycles. The monoisotopic (exact) mass is 620 g/mol. The predicted octanol–water partition coefficient (Wildman–Crippen LogP) is 4.58. The fraction of sp³-hybridized carbons (Fsp3) is 0.710. The molecule has 0 radical (unpaired) electrons. The SMILES string of the molecule is CC(C)(C)OC(=O)N1CSC[C@H]1C(=O)NC(CSCC1CCCCC1)C(=O)NC1CCN(Cc2ccc(O)cc2)CC1. The summed E-state index contributed by atoms with van der Waals surface area (Å²) >= 11 is 3.26. The van der Waals surface area contributed by atoms with Crippen LogP contribution in [0.15, 0.2) is 24.3 Å². The first-order chi connectivity index (χ1) is 20.1. The van der Waals surface area contributed by atoms with Gasteiger partial charge in [-0.2, -0.15) is 11.8 Å². The standard InChI is InChI=1S/C31H48N4O5S2/c1-31(2,3)40-30(39)35-21-42-20-27(35)29(38)33-26(19-41-18-23-7-5-4-6-8-23)28(37)32-24-13-15-34(16-14-24)17-22-9-11-25(36)12-10-22/h9-12,23-24,26-27,36H,4-8,13-21H2,1-3H3,(H,32,37)(H,33,38)/t26?,27-/m0/s1. The first kappa shape index (κ1) is 32.8. The summed E-state index contributed by atoms with van der Waals surface area (Å²) in [7, 11) is 0. The summed E-state index contributed by atoms with van der Waals surface area (Å²) < 4.78 is 5.53. The Hall–Kier alpha value is -2.11. The van der Waals surface area contributed by atoms with Crippen LogP contribution < -0.4 is 10.6 Å². The summed E-state index contributed by atoms with van der Waals surface area (Å²) in [5.74, 6) is 2.88. The van der Waals surface area contributed by atoms with E-state index in [2.05, 4.69) is 15.5 Å². The molecule has 3 fully saturated rings. The van der Waals surface area contributed by atoms with Crippen molar-refractivity contribution in [3.63, 3.8) is 0 Å². The highest BCUT2D eigenvalue weighted by Crippen LogP contribution is 2.28. The molecule has 0 bridgehead atoms. The molecule has 2 atom stereocenters. The highest BCUT2D eigenvalue weighted by Gasteiger charge is 2.39. The number of likely N-dealkylation sites (tertiary alicyclic amines) is 1. The number of ether oxygens (including phenoxy) is 1. The molecular weight excluding hydrogens is 572 g/mol. The molecular formula is C31H48N4O5S2. The number of hydrogen-bond acceptors (Lipinski definition) is 8. The molecule has 234 valence electrons. The number of amides is 3. The van der Waals surface area contributed by atoms with E-state index >= 15 is 0 Å². The van der Waals surface area contributed by atoms with Crippen LogP contribution in [-0.4, -0.2) is 92.8 Å². The van der Waals surface area contributed by atoms with Crippen molar-refractivity contribution in [1.29, 1.82) is 0 Å². The van der Waals surface area contributed by atoms with E-state index in [-0.39, 0.29) is 23.6 Å². The van der Waals surface area contributed by atoms with Gasteiger partial charge in [-0.3, -0.25) is 19.4 Å². The van der Waals surface area contributed by atoms with Gasteiger partial charge in [0.05, 0.1) is 5.88 Å². The van der Waals surface area contributed by atoms with Gasteiger partial charge in [-0.25, -0.2) is 4.79 Å². The van der Waals surface area contributed by atoms with Crippen molar-refractivity contribution < 1.29 is 24.2 Å². The molecule has 42 heavy (non-hydrogen) atoms. The average molecular weight is 621 g/mol.